The van der Waals surface area contributed by atoms with Gasteiger partial charge in [-0.2, -0.15) is 0 Å². The molecule has 2 aromatic rings. The van der Waals surface area contributed by atoms with Gasteiger partial charge in [-0.3, -0.25) is 5.32 Å². The minimum Gasteiger partial charge on any atom is -0.494 e. The number of morpholine rings is 1. The summed E-state index contributed by atoms with van der Waals surface area (Å²) in [6, 6.07) is 3.71. The third-order valence-electron chi connectivity index (χ3n) is 5.49. The molecular formula is C22H31N5O5S. The topological polar surface area (TPSA) is 96.5 Å². The average molecular weight is 478 g/mol. The van der Waals surface area contributed by atoms with Crippen molar-refractivity contribution in [1.82, 2.24) is 14.8 Å². The molecule has 180 valence electrons. The number of rotatable bonds is 3. The molecule has 0 bridgehead atoms. The molecule has 0 spiro atoms. The van der Waals surface area contributed by atoms with Crippen LogP contribution < -0.4 is 15.0 Å². The Balaban J connectivity index is 1.43. The summed E-state index contributed by atoms with van der Waals surface area (Å²) in [7, 11) is 1.62. The predicted molar refractivity (Wildman–Crippen MR) is 128 cm³/mol. The Hall–Kier alpha value is -2.79. The number of anilines is 2. The number of methoxy groups -OCH3 is 1. The van der Waals surface area contributed by atoms with Crippen molar-refractivity contribution in [2.45, 2.75) is 26.4 Å². The Morgan fingerprint density at radius 3 is 2.36 bits per heavy atom. The van der Waals surface area contributed by atoms with E-state index in [-0.39, 0.29) is 12.1 Å². The summed E-state index contributed by atoms with van der Waals surface area (Å²) in [5, 5.41) is 3.44. The second-order valence-electron chi connectivity index (χ2n) is 8.97. The van der Waals surface area contributed by atoms with E-state index >= 15 is 0 Å². The number of piperazine rings is 1. The third-order valence-corrected chi connectivity index (χ3v) is 6.48. The summed E-state index contributed by atoms with van der Waals surface area (Å²) >= 11 is 1.43. The number of carbonyl (C=O) groups excluding carboxylic acids is 2. The van der Waals surface area contributed by atoms with Gasteiger partial charge in [-0.1, -0.05) is 11.3 Å². The highest BCUT2D eigenvalue weighted by atomic mass is 32.1. The van der Waals surface area contributed by atoms with Gasteiger partial charge in [-0.15, -0.1) is 0 Å². The van der Waals surface area contributed by atoms with Crippen LogP contribution in [0.5, 0.6) is 5.75 Å². The molecule has 4 rings (SSSR count). The Kier molecular flexibility index (Phi) is 6.80. The number of benzene rings is 1. The van der Waals surface area contributed by atoms with E-state index in [0.29, 0.717) is 50.3 Å². The molecule has 3 heterocycles. The van der Waals surface area contributed by atoms with Crippen LogP contribution in [0.4, 0.5) is 20.4 Å². The van der Waals surface area contributed by atoms with Gasteiger partial charge in [-0.05, 0) is 32.9 Å². The van der Waals surface area contributed by atoms with Gasteiger partial charge in [0.15, 0.2) is 5.13 Å². The Bertz CT molecular complexity index is 1010. The molecule has 2 aliphatic rings. The first-order valence-corrected chi connectivity index (χ1v) is 11.9. The second-order valence-corrected chi connectivity index (χ2v) is 9.97. The van der Waals surface area contributed by atoms with E-state index in [0.717, 1.165) is 29.0 Å². The van der Waals surface area contributed by atoms with E-state index in [9.17, 15) is 9.59 Å². The van der Waals surface area contributed by atoms with E-state index in [4.69, 9.17) is 14.2 Å². The van der Waals surface area contributed by atoms with Gasteiger partial charge in [0.2, 0.25) is 0 Å². The third kappa shape index (κ3) is 5.41. The fourth-order valence-corrected chi connectivity index (χ4v) is 4.84. The maximum atomic E-state index is 12.9. The van der Waals surface area contributed by atoms with Gasteiger partial charge in [0, 0.05) is 39.3 Å². The number of thiazole rings is 1. The number of nitrogens with zero attached hydrogens (tertiary/aromatic N) is 4. The van der Waals surface area contributed by atoms with Crippen molar-refractivity contribution in [1.29, 1.82) is 0 Å². The standard InChI is InChI=1S/C22H31N5O5S/c1-22(2,3)32-21(29)27-9-7-26(8-10-27)20(28)24-19-23-17-16(30-4)6-5-15(18(17)33-19)25-11-13-31-14-12-25/h5-6H,7-14H2,1-4H3,(H,23,24,28). The van der Waals surface area contributed by atoms with E-state index in [1.54, 1.807) is 16.9 Å². The first-order chi connectivity index (χ1) is 15.7. The zero-order chi connectivity index (χ0) is 23.6. The van der Waals surface area contributed by atoms with Crippen LogP contribution in [-0.2, 0) is 9.47 Å². The van der Waals surface area contributed by atoms with Gasteiger partial charge >= 0.3 is 12.1 Å². The Morgan fingerprint density at radius 1 is 1.06 bits per heavy atom. The molecule has 0 radical (unpaired) electrons. The predicted octanol–water partition coefficient (Wildman–Crippen LogP) is 3.23. The molecule has 33 heavy (non-hydrogen) atoms. The monoisotopic (exact) mass is 477 g/mol. The highest BCUT2D eigenvalue weighted by Crippen LogP contribution is 2.39. The van der Waals surface area contributed by atoms with Crippen LogP contribution in [0, 0.1) is 0 Å². The SMILES string of the molecule is COc1ccc(N2CCOCC2)c2sc(NC(=O)N3CCN(C(=O)OC(C)(C)C)CC3)nc12. The van der Waals surface area contributed by atoms with Gasteiger partial charge in [0.05, 0.1) is 30.7 Å². The average Bonchev–Trinajstić information content (AvgIpc) is 3.21. The van der Waals surface area contributed by atoms with Crippen molar-refractivity contribution >= 4 is 44.5 Å². The lowest BCUT2D eigenvalue weighted by atomic mass is 10.2. The molecule has 2 saturated heterocycles. The Morgan fingerprint density at radius 2 is 1.73 bits per heavy atom. The number of ether oxygens (including phenoxy) is 3. The maximum absolute atomic E-state index is 12.9. The number of amides is 3. The molecular weight excluding hydrogens is 446 g/mol. The maximum Gasteiger partial charge on any atom is 0.410 e. The molecule has 2 aliphatic heterocycles. The number of aromatic nitrogens is 1. The van der Waals surface area contributed by atoms with Crippen molar-refractivity contribution in [3.05, 3.63) is 12.1 Å². The summed E-state index contributed by atoms with van der Waals surface area (Å²) < 4.78 is 17.4. The number of urea groups is 1. The van der Waals surface area contributed by atoms with Crippen LogP contribution in [0.1, 0.15) is 20.8 Å². The lowest BCUT2D eigenvalue weighted by Crippen LogP contribution is -2.52. The molecule has 0 aliphatic carbocycles. The van der Waals surface area contributed by atoms with Gasteiger partial charge in [0.25, 0.3) is 0 Å². The number of carbonyl (C=O) groups is 2. The Labute approximate surface area is 197 Å². The first-order valence-electron chi connectivity index (χ1n) is 11.1. The number of nitrogens with one attached hydrogen (secondary N) is 1. The van der Waals surface area contributed by atoms with Crippen molar-refractivity contribution in [3.63, 3.8) is 0 Å². The second kappa shape index (κ2) is 9.60. The van der Waals surface area contributed by atoms with Crippen molar-refractivity contribution < 1.29 is 23.8 Å². The summed E-state index contributed by atoms with van der Waals surface area (Å²) in [6.45, 7) is 10.2. The number of fused-ring (bicyclic) bond motifs is 1. The molecule has 1 aromatic carbocycles. The minimum absolute atomic E-state index is 0.232. The van der Waals surface area contributed by atoms with E-state index < -0.39 is 5.60 Å². The summed E-state index contributed by atoms with van der Waals surface area (Å²) in [5.41, 5.74) is 1.26. The van der Waals surface area contributed by atoms with Gasteiger partial charge in [0.1, 0.15) is 16.9 Å². The van der Waals surface area contributed by atoms with Gasteiger partial charge in [-0.25, -0.2) is 14.6 Å². The zero-order valence-electron chi connectivity index (χ0n) is 19.5. The van der Waals surface area contributed by atoms with E-state index in [2.05, 4.69) is 15.2 Å². The van der Waals surface area contributed by atoms with Gasteiger partial charge < -0.3 is 28.9 Å². The molecule has 0 unspecified atom stereocenters. The van der Waals surface area contributed by atoms with E-state index in [1.165, 1.54) is 11.3 Å². The molecule has 0 saturated carbocycles. The van der Waals surface area contributed by atoms with Crippen molar-refractivity contribution in [2.75, 3.05) is 69.8 Å². The molecule has 0 atom stereocenters. The van der Waals surface area contributed by atoms with Crippen LogP contribution in [0.2, 0.25) is 0 Å². The lowest BCUT2D eigenvalue weighted by molar-refractivity contribution is 0.0174. The number of hydrogen-bond acceptors (Lipinski definition) is 8. The van der Waals surface area contributed by atoms with E-state index in [1.807, 2.05) is 32.9 Å². The number of hydrogen-bond donors (Lipinski definition) is 1. The highest BCUT2D eigenvalue weighted by molar-refractivity contribution is 7.23. The summed E-state index contributed by atoms with van der Waals surface area (Å²) in [5.74, 6) is 0.671. The molecule has 3 amide bonds. The van der Waals surface area contributed by atoms with Crippen LogP contribution in [0.3, 0.4) is 0 Å². The molecule has 1 N–H and O–H groups in total. The fraction of sp³-hybridized carbons (Fsp3) is 0.591. The summed E-state index contributed by atoms with van der Waals surface area (Å²) in [6.07, 6.45) is -0.350. The summed E-state index contributed by atoms with van der Waals surface area (Å²) in [4.78, 5) is 35.4. The largest absolute Gasteiger partial charge is 0.494 e. The fourth-order valence-electron chi connectivity index (χ4n) is 3.83. The van der Waals surface area contributed by atoms with Crippen LogP contribution >= 0.6 is 11.3 Å². The molecule has 11 heteroatoms. The molecule has 2 fully saturated rings. The quantitative estimate of drug-likeness (QED) is 0.725. The van der Waals surface area contributed by atoms with Crippen molar-refractivity contribution in [3.8, 4) is 5.75 Å². The molecule has 1 aromatic heterocycles. The van der Waals surface area contributed by atoms with Crippen molar-refractivity contribution in [2.24, 2.45) is 0 Å². The van der Waals surface area contributed by atoms with Crippen LogP contribution in [0.15, 0.2) is 12.1 Å². The smallest absolute Gasteiger partial charge is 0.410 e. The minimum atomic E-state index is -0.542. The van der Waals surface area contributed by atoms with Crippen LogP contribution in [-0.4, -0.2) is 92.1 Å². The lowest BCUT2D eigenvalue weighted by Gasteiger charge is -2.35. The van der Waals surface area contributed by atoms with Crippen LogP contribution in [0.25, 0.3) is 10.2 Å². The molecule has 10 nitrogen and oxygen atoms in total. The normalized spacial score (nSPS) is 17.3. The first kappa shape index (κ1) is 23.4. The zero-order valence-corrected chi connectivity index (χ0v) is 20.4. The highest BCUT2D eigenvalue weighted by Gasteiger charge is 2.28.